The second kappa shape index (κ2) is 6.36. The van der Waals surface area contributed by atoms with Gasteiger partial charge in [-0.2, -0.15) is 0 Å². The molecule has 3 aliphatic heterocycles. The van der Waals surface area contributed by atoms with Crippen molar-refractivity contribution in [1.29, 1.82) is 0 Å². The molecular formula is C23H28N4O3. The van der Waals surface area contributed by atoms with E-state index in [-0.39, 0.29) is 5.60 Å². The molecule has 5 rings (SSSR count). The Balaban J connectivity index is 1.64. The summed E-state index contributed by atoms with van der Waals surface area (Å²) in [6, 6.07) is 14.0. The van der Waals surface area contributed by atoms with Gasteiger partial charge in [-0.15, -0.1) is 0 Å². The van der Waals surface area contributed by atoms with Gasteiger partial charge in [-0.05, 0) is 49.2 Å². The molecule has 7 nitrogen and oxygen atoms in total. The van der Waals surface area contributed by atoms with Crippen molar-refractivity contribution in [2.75, 3.05) is 19.4 Å². The van der Waals surface area contributed by atoms with Gasteiger partial charge >= 0.3 is 0 Å². The SMILES string of the molecule is CN1OC2(CC3(CCOC(C)(C)C3)Oc3ccc(-c4cccc(N)c4)cc32)N=C1N. The van der Waals surface area contributed by atoms with Crippen LogP contribution in [0.25, 0.3) is 11.1 Å². The van der Waals surface area contributed by atoms with Crippen molar-refractivity contribution in [1.82, 2.24) is 5.06 Å². The van der Waals surface area contributed by atoms with Crippen molar-refractivity contribution in [2.24, 2.45) is 10.7 Å². The minimum atomic E-state index is -0.920. The lowest BCUT2D eigenvalue weighted by atomic mass is 9.75. The van der Waals surface area contributed by atoms with Gasteiger partial charge < -0.3 is 20.9 Å². The third kappa shape index (κ3) is 3.09. The predicted molar refractivity (Wildman–Crippen MR) is 116 cm³/mol. The molecule has 1 saturated heterocycles. The zero-order valence-corrected chi connectivity index (χ0v) is 17.6. The summed E-state index contributed by atoms with van der Waals surface area (Å²) < 4.78 is 12.6. The topological polar surface area (TPSA) is 95.3 Å². The number of nitrogens with two attached hydrogens (primary N) is 2. The third-order valence-corrected chi connectivity index (χ3v) is 6.21. The molecule has 7 heteroatoms. The summed E-state index contributed by atoms with van der Waals surface area (Å²) in [5.74, 6) is 1.14. The van der Waals surface area contributed by atoms with Crippen molar-refractivity contribution < 1.29 is 14.3 Å². The number of ether oxygens (including phenoxy) is 2. The van der Waals surface area contributed by atoms with Crippen LogP contribution >= 0.6 is 0 Å². The van der Waals surface area contributed by atoms with Gasteiger partial charge in [-0.1, -0.05) is 18.2 Å². The maximum Gasteiger partial charge on any atom is 0.222 e. The monoisotopic (exact) mass is 408 g/mol. The number of nitrogens with zero attached hydrogens (tertiary/aromatic N) is 2. The van der Waals surface area contributed by atoms with Crippen molar-refractivity contribution in [3.63, 3.8) is 0 Å². The van der Waals surface area contributed by atoms with Crippen LogP contribution in [0, 0.1) is 0 Å². The summed E-state index contributed by atoms with van der Waals surface area (Å²) in [6.45, 7) is 4.83. The lowest BCUT2D eigenvalue weighted by molar-refractivity contribution is -0.224. The highest BCUT2D eigenvalue weighted by atomic mass is 16.7. The van der Waals surface area contributed by atoms with Crippen LogP contribution in [-0.4, -0.2) is 35.9 Å². The molecule has 0 radical (unpaired) electrons. The van der Waals surface area contributed by atoms with Crippen molar-refractivity contribution >= 4 is 11.6 Å². The molecule has 158 valence electrons. The Bertz CT molecular complexity index is 1040. The first-order chi connectivity index (χ1) is 14.2. The molecule has 30 heavy (non-hydrogen) atoms. The van der Waals surface area contributed by atoms with Gasteiger partial charge in [0.2, 0.25) is 11.7 Å². The highest BCUT2D eigenvalue weighted by Crippen LogP contribution is 2.54. The molecule has 2 aromatic carbocycles. The van der Waals surface area contributed by atoms with Crippen LogP contribution in [0.2, 0.25) is 0 Å². The van der Waals surface area contributed by atoms with Crippen molar-refractivity contribution in [3.05, 3.63) is 48.0 Å². The van der Waals surface area contributed by atoms with Crippen molar-refractivity contribution in [2.45, 2.75) is 50.0 Å². The number of hydrogen-bond donors (Lipinski definition) is 2. The van der Waals surface area contributed by atoms with Crippen LogP contribution in [-0.2, 0) is 15.3 Å². The summed E-state index contributed by atoms with van der Waals surface area (Å²) >= 11 is 0. The Kier molecular flexibility index (Phi) is 4.07. The summed E-state index contributed by atoms with van der Waals surface area (Å²) in [6.07, 6.45) is 2.10. The zero-order chi connectivity index (χ0) is 21.1. The number of guanidine groups is 1. The number of rotatable bonds is 1. The molecule has 0 aliphatic carbocycles. The Morgan fingerprint density at radius 3 is 2.53 bits per heavy atom. The third-order valence-electron chi connectivity index (χ3n) is 6.21. The van der Waals surface area contributed by atoms with E-state index in [9.17, 15) is 0 Å². The average molecular weight is 409 g/mol. The molecule has 2 atom stereocenters. The fourth-order valence-electron chi connectivity index (χ4n) is 5.02. The highest BCUT2D eigenvalue weighted by molar-refractivity contribution is 5.79. The normalized spacial score (nSPS) is 29.6. The van der Waals surface area contributed by atoms with E-state index in [0.29, 0.717) is 19.0 Å². The number of fused-ring (bicyclic) bond motifs is 2. The molecule has 2 spiro atoms. The Labute approximate surface area is 176 Å². The fraction of sp³-hybridized carbons (Fsp3) is 0.435. The number of nitrogen functional groups attached to an aromatic ring is 1. The van der Waals surface area contributed by atoms with Gasteiger partial charge in [0.15, 0.2) is 0 Å². The molecule has 2 aromatic rings. The summed E-state index contributed by atoms with van der Waals surface area (Å²) in [5.41, 5.74) is 14.2. The van der Waals surface area contributed by atoms with Crippen molar-refractivity contribution in [3.8, 4) is 16.9 Å². The van der Waals surface area contributed by atoms with E-state index < -0.39 is 11.3 Å². The van der Waals surface area contributed by atoms with Crippen LogP contribution in [0.15, 0.2) is 47.5 Å². The predicted octanol–water partition coefficient (Wildman–Crippen LogP) is 3.39. The largest absolute Gasteiger partial charge is 0.486 e. The molecule has 0 amide bonds. The number of hydrogen-bond acceptors (Lipinski definition) is 7. The molecule has 0 aromatic heterocycles. The fourth-order valence-corrected chi connectivity index (χ4v) is 5.02. The first-order valence-corrected chi connectivity index (χ1v) is 10.3. The summed E-state index contributed by atoms with van der Waals surface area (Å²) in [7, 11) is 1.78. The summed E-state index contributed by atoms with van der Waals surface area (Å²) in [4.78, 5) is 11.1. The van der Waals surface area contributed by atoms with Crippen LogP contribution in [0.1, 0.15) is 38.7 Å². The molecular weight excluding hydrogens is 380 g/mol. The molecule has 3 heterocycles. The van der Waals surface area contributed by atoms with Gasteiger partial charge in [-0.25, -0.2) is 14.9 Å². The van der Waals surface area contributed by atoms with E-state index >= 15 is 0 Å². The molecule has 1 fully saturated rings. The maximum absolute atomic E-state index is 6.65. The lowest BCUT2D eigenvalue weighted by Gasteiger charge is -2.50. The van der Waals surface area contributed by atoms with Gasteiger partial charge in [0, 0.05) is 32.0 Å². The van der Waals surface area contributed by atoms with E-state index in [2.05, 4.69) is 26.0 Å². The van der Waals surface area contributed by atoms with Crippen LogP contribution in [0.4, 0.5) is 5.69 Å². The minimum Gasteiger partial charge on any atom is -0.486 e. The Morgan fingerprint density at radius 2 is 1.83 bits per heavy atom. The highest BCUT2D eigenvalue weighted by Gasteiger charge is 2.57. The van der Waals surface area contributed by atoms with Gasteiger partial charge in [-0.3, -0.25) is 0 Å². The Hall–Kier alpha value is -2.77. The number of aliphatic imine (C=N–C) groups is 1. The van der Waals surface area contributed by atoms with Crippen LogP contribution in [0.5, 0.6) is 5.75 Å². The molecule has 4 N–H and O–H groups in total. The van der Waals surface area contributed by atoms with E-state index in [0.717, 1.165) is 41.0 Å². The number of benzene rings is 2. The molecule has 0 bridgehead atoms. The van der Waals surface area contributed by atoms with E-state index in [4.69, 9.17) is 30.8 Å². The smallest absolute Gasteiger partial charge is 0.222 e. The van der Waals surface area contributed by atoms with Gasteiger partial charge in [0.25, 0.3) is 0 Å². The standard InChI is InChI=1S/C23H28N4O3/c1-21(2)13-22(9-10-28-21)14-23(26-20(25)27(3)30-23)18-12-16(7-8-19(18)29-22)15-5-4-6-17(24)11-15/h4-8,11-12H,9-10,13-14,24H2,1-3H3,(H2,25,26). The minimum absolute atomic E-state index is 0.280. The van der Waals surface area contributed by atoms with Gasteiger partial charge in [0.05, 0.1) is 17.8 Å². The second-order valence-corrected chi connectivity index (χ2v) is 9.18. The molecule has 0 saturated carbocycles. The first kappa shape index (κ1) is 19.2. The second-order valence-electron chi connectivity index (χ2n) is 9.18. The molecule has 3 aliphatic rings. The maximum atomic E-state index is 6.65. The zero-order valence-electron chi connectivity index (χ0n) is 17.6. The van der Waals surface area contributed by atoms with Gasteiger partial charge in [0.1, 0.15) is 11.4 Å². The van der Waals surface area contributed by atoms with E-state index in [1.165, 1.54) is 0 Å². The van der Waals surface area contributed by atoms with Crippen LogP contribution in [0.3, 0.4) is 0 Å². The average Bonchev–Trinajstić information content (AvgIpc) is 2.94. The van der Waals surface area contributed by atoms with E-state index in [1.54, 1.807) is 12.1 Å². The first-order valence-electron chi connectivity index (χ1n) is 10.3. The lowest BCUT2D eigenvalue weighted by Crippen LogP contribution is -2.55. The molecule has 2 unspecified atom stereocenters. The number of anilines is 1. The van der Waals surface area contributed by atoms with Crippen LogP contribution < -0.4 is 16.2 Å². The van der Waals surface area contributed by atoms with E-state index in [1.807, 2.05) is 30.3 Å². The number of hydroxylamine groups is 2. The summed E-state index contributed by atoms with van der Waals surface area (Å²) in [5, 5.41) is 1.54. The Morgan fingerprint density at radius 1 is 1.03 bits per heavy atom. The quantitative estimate of drug-likeness (QED) is 0.703.